The van der Waals surface area contributed by atoms with Gasteiger partial charge in [0.1, 0.15) is 11.3 Å². The van der Waals surface area contributed by atoms with Crippen LogP contribution >= 0.6 is 23.2 Å². The zero-order valence-corrected chi connectivity index (χ0v) is 12.6. The highest BCUT2D eigenvalue weighted by Gasteiger charge is 2.17. The first-order valence-electron chi connectivity index (χ1n) is 6.19. The Labute approximate surface area is 126 Å². The number of rotatable bonds is 3. The molecule has 1 atom stereocenters. The lowest BCUT2D eigenvalue weighted by Crippen LogP contribution is -2.09. The Morgan fingerprint density at radius 1 is 1.40 bits per heavy atom. The standard InChI is InChI=1S/C13H13Cl2N5/c1-8(14)12-18-11-5-9(15)6-16-13(11)20(12)7-10-3-4-17-19(10)2/h3-6,8H,7H2,1-2H3. The van der Waals surface area contributed by atoms with Gasteiger partial charge in [-0.3, -0.25) is 4.68 Å². The molecular weight excluding hydrogens is 297 g/mol. The maximum atomic E-state index is 6.23. The van der Waals surface area contributed by atoms with Crippen molar-refractivity contribution in [3.63, 3.8) is 0 Å². The summed E-state index contributed by atoms with van der Waals surface area (Å²) >= 11 is 12.2. The average molecular weight is 310 g/mol. The third-order valence-electron chi connectivity index (χ3n) is 3.18. The number of hydrogen-bond acceptors (Lipinski definition) is 3. The van der Waals surface area contributed by atoms with Gasteiger partial charge in [0.2, 0.25) is 0 Å². The number of hydrogen-bond donors (Lipinski definition) is 0. The zero-order chi connectivity index (χ0) is 14.3. The molecule has 20 heavy (non-hydrogen) atoms. The Balaban J connectivity index is 2.16. The molecule has 0 spiro atoms. The number of nitrogens with zero attached hydrogens (tertiary/aromatic N) is 5. The summed E-state index contributed by atoms with van der Waals surface area (Å²) in [6.45, 7) is 2.51. The number of imidazole rings is 1. The number of aryl methyl sites for hydroxylation is 1. The Kier molecular flexibility index (Phi) is 3.40. The second-order valence-electron chi connectivity index (χ2n) is 4.61. The summed E-state index contributed by atoms with van der Waals surface area (Å²) in [5.41, 5.74) is 2.58. The third kappa shape index (κ3) is 2.27. The molecule has 0 radical (unpaired) electrons. The van der Waals surface area contributed by atoms with Gasteiger partial charge in [-0.2, -0.15) is 5.10 Å². The van der Waals surface area contributed by atoms with Crippen LogP contribution in [0.2, 0.25) is 5.02 Å². The fourth-order valence-electron chi connectivity index (χ4n) is 2.18. The summed E-state index contributed by atoms with van der Waals surface area (Å²) < 4.78 is 3.82. The second-order valence-corrected chi connectivity index (χ2v) is 5.71. The van der Waals surface area contributed by atoms with Gasteiger partial charge in [-0.25, -0.2) is 9.97 Å². The molecule has 3 rings (SSSR count). The molecule has 0 aliphatic carbocycles. The van der Waals surface area contributed by atoms with E-state index in [1.165, 1.54) is 0 Å². The summed E-state index contributed by atoms with van der Waals surface area (Å²) in [4.78, 5) is 8.91. The minimum Gasteiger partial charge on any atom is -0.305 e. The molecule has 0 aromatic carbocycles. The Morgan fingerprint density at radius 3 is 2.85 bits per heavy atom. The summed E-state index contributed by atoms with van der Waals surface area (Å²) in [6, 6.07) is 3.76. The van der Waals surface area contributed by atoms with Gasteiger partial charge in [0.25, 0.3) is 0 Å². The van der Waals surface area contributed by atoms with Gasteiger partial charge < -0.3 is 4.57 Å². The summed E-state index contributed by atoms with van der Waals surface area (Å²) in [6.07, 6.45) is 3.39. The highest BCUT2D eigenvalue weighted by Crippen LogP contribution is 2.25. The predicted molar refractivity (Wildman–Crippen MR) is 79.1 cm³/mol. The first-order valence-corrected chi connectivity index (χ1v) is 7.00. The normalized spacial score (nSPS) is 13.0. The zero-order valence-electron chi connectivity index (χ0n) is 11.1. The van der Waals surface area contributed by atoms with Crippen molar-refractivity contribution in [2.24, 2.45) is 7.05 Å². The van der Waals surface area contributed by atoms with E-state index in [4.69, 9.17) is 23.2 Å². The van der Waals surface area contributed by atoms with Crippen molar-refractivity contribution in [3.8, 4) is 0 Å². The lowest BCUT2D eigenvalue weighted by Gasteiger charge is -2.10. The topological polar surface area (TPSA) is 48.5 Å². The monoisotopic (exact) mass is 309 g/mol. The molecule has 0 saturated carbocycles. The van der Waals surface area contributed by atoms with Gasteiger partial charge in [-0.15, -0.1) is 11.6 Å². The fraction of sp³-hybridized carbons (Fsp3) is 0.308. The van der Waals surface area contributed by atoms with E-state index in [1.54, 1.807) is 18.5 Å². The molecular formula is C13H13Cl2N5. The minimum absolute atomic E-state index is 0.212. The maximum absolute atomic E-state index is 6.23. The maximum Gasteiger partial charge on any atom is 0.160 e. The molecule has 0 aliphatic heterocycles. The average Bonchev–Trinajstić information content (AvgIpc) is 2.95. The SMILES string of the molecule is CC(Cl)c1nc2cc(Cl)cnc2n1Cc1ccnn1C. The molecule has 0 saturated heterocycles. The molecule has 3 heterocycles. The van der Waals surface area contributed by atoms with E-state index in [-0.39, 0.29) is 5.38 Å². The van der Waals surface area contributed by atoms with E-state index in [1.807, 2.05) is 29.3 Å². The van der Waals surface area contributed by atoms with Crippen LogP contribution in [-0.2, 0) is 13.6 Å². The first kappa shape index (κ1) is 13.4. The highest BCUT2D eigenvalue weighted by atomic mass is 35.5. The van der Waals surface area contributed by atoms with Crippen molar-refractivity contribution >= 4 is 34.4 Å². The van der Waals surface area contributed by atoms with E-state index in [0.717, 1.165) is 22.7 Å². The molecule has 7 heteroatoms. The lowest BCUT2D eigenvalue weighted by atomic mass is 10.3. The molecule has 3 aromatic heterocycles. The van der Waals surface area contributed by atoms with Crippen molar-refractivity contribution in [1.29, 1.82) is 0 Å². The Morgan fingerprint density at radius 2 is 2.20 bits per heavy atom. The van der Waals surface area contributed by atoms with Crippen LogP contribution < -0.4 is 0 Å². The molecule has 0 N–H and O–H groups in total. The van der Waals surface area contributed by atoms with E-state index < -0.39 is 0 Å². The van der Waals surface area contributed by atoms with Crippen LogP contribution in [0.4, 0.5) is 0 Å². The van der Waals surface area contributed by atoms with Crippen molar-refractivity contribution in [3.05, 3.63) is 41.1 Å². The summed E-state index contributed by atoms with van der Waals surface area (Å²) in [5.74, 6) is 0.776. The summed E-state index contributed by atoms with van der Waals surface area (Å²) in [7, 11) is 1.91. The Bertz CT molecular complexity index is 759. The largest absolute Gasteiger partial charge is 0.305 e. The van der Waals surface area contributed by atoms with Crippen LogP contribution in [-0.4, -0.2) is 24.3 Å². The van der Waals surface area contributed by atoms with Gasteiger partial charge >= 0.3 is 0 Å². The molecule has 0 amide bonds. The molecule has 5 nitrogen and oxygen atoms in total. The molecule has 0 bridgehead atoms. The number of alkyl halides is 1. The molecule has 0 fully saturated rings. The van der Waals surface area contributed by atoms with Crippen LogP contribution in [0, 0.1) is 0 Å². The number of fused-ring (bicyclic) bond motifs is 1. The van der Waals surface area contributed by atoms with Gasteiger partial charge in [0.15, 0.2) is 5.65 Å². The number of pyridine rings is 1. The van der Waals surface area contributed by atoms with Crippen LogP contribution in [0.25, 0.3) is 11.2 Å². The van der Waals surface area contributed by atoms with Crippen molar-refractivity contribution in [2.75, 3.05) is 0 Å². The van der Waals surface area contributed by atoms with E-state index >= 15 is 0 Å². The van der Waals surface area contributed by atoms with Crippen LogP contribution in [0.1, 0.15) is 23.8 Å². The first-order chi connectivity index (χ1) is 9.56. The van der Waals surface area contributed by atoms with E-state index in [2.05, 4.69) is 15.1 Å². The highest BCUT2D eigenvalue weighted by molar-refractivity contribution is 6.31. The van der Waals surface area contributed by atoms with Crippen LogP contribution in [0.3, 0.4) is 0 Å². The lowest BCUT2D eigenvalue weighted by molar-refractivity contribution is 0.651. The minimum atomic E-state index is -0.212. The number of halogens is 2. The smallest absolute Gasteiger partial charge is 0.160 e. The van der Waals surface area contributed by atoms with E-state index in [9.17, 15) is 0 Å². The molecule has 104 valence electrons. The quantitative estimate of drug-likeness (QED) is 0.698. The molecule has 1 unspecified atom stereocenters. The Hall–Kier alpha value is -1.59. The van der Waals surface area contributed by atoms with Crippen LogP contribution in [0.5, 0.6) is 0 Å². The van der Waals surface area contributed by atoms with Gasteiger partial charge in [0.05, 0.1) is 22.6 Å². The van der Waals surface area contributed by atoms with Crippen molar-refractivity contribution in [1.82, 2.24) is 24.3 Å². The van der Waals surface area contributed by atoms with Gasteiger partial charge in [-0.05, 0) is 19.1 Å². The fourth-order valence-corrected chi connectivity index (χ4v) is 2.50. The second kappa shape index (κ2) is 5.07. The molecule has 0 aliphatic rings. The van der Waals surface area contributed by atoms with Crippen molar-refractivity contribution in [2.45, 2.75) is 18.8 Å². The number of aromatic nitrogens is 5. The van der Waals surface area contributed by atoms with Crippen molar-refractivity contribution < 1.29 is 0 Å². The predicted octanol–water partition coefficient (Wildman–Crippen LogP) is 3.17. The molecule has 3 aromatic rings. The van der Waals surface area contributed by atoms with E-state index in [0.29, 0.717) is 11.6 Å². The third-order valence-corrected chi connectivity index (χ3v) is 3.58. The van der Waals surface area contributed by atoms with Crippen LogP contribution in [0.15, 0.2) is 24.5 Å². The summed E-state index contributed by atoms with van der Waals surface area (Å²) in [5, 5.41) is 4.53. The van der Waals surface area contributed by atoms with Gasteiger partial charge in [-0.1, -0.05) is 11.6 Å². The van der Waals surface area contributed by atoms with Gasteiger partial charge in [0, 0.05) is 19.4 Å².